The summed E-state index contributed by atoms with van der Waals surface area (Å²) in [5, 5.41) is 0. The quantitative estimate of drug-likeness (QED) is 0.848. The Bertz CT molecular complexity index is 398. The van der Waals surface area contributed by atoms with E-state index < -0.39 is 11.6 Å². The SMILES string of the molecule is NCC1CCN(c2cc(Br)c(F)cc2F)C1. The first-order valence-corrected chi connectivity index (χ1v) is 6.00. The predicted octanol–water partition coefficient (Wildman–Crippen LogP) is 2.51. The van der Waals surface area contributed by atoms with Gasteiger partial charge in [-0.2, -0.15) is 0 Å². The minimum atomic E-state index is -0.573. The Morgan fingerprint density at radius 3 is 2.75 bits per heavy atom. The molecule has 2 nitrogen and oxygen atoms in total. The average molecular weight is 291 g/mol. The molecule has 0 spiro atoms. The molecule has 88 valence electrons. The molecule has 1 aromatic rings. The van der Waals surface area contributed by atoms with E-state index in [9.17, 15) is 8.78 Å². The highest BCUT2D eigenvalue weighted by Crippen LogP contribution is 2.30. The number of benzene rings is 1. The van der Waals surface area contributed by atoms with Crippen molar-refractivity contribution in [2.45, 2.75) is 6.42 Å². The van der Waals surface area contributed by atoms with Crippen molar-refractivity contribution < 1.29 is 8.78 Å². The molecule has 0 amide bonds. The molecule has 1 aliphatic heterocycles. The summed E-state index contributed by atoms with van der Waals surface area (Å²) in [6, 6.07) is 2.40. The largest absolute Gasteiger partial charge is 0.369 e. The molecule has 16 heavy (non-hydrogen) atoms. The van der Waals surface area contributed by atoms with Gasteiger partial charge in [-0.05, 0) is 40.9 Å². The molecule has 2 rings (SSSR count). The molecule has 1 heterocycles. The van der Waals surface area contributed by atoms with E-state index in [0.29, 0.717) is 22.6 Å². The highest BCUT2D eigenvalue weighted by Gasteiger charge is 2.24. The Labute approximate surface area is 102 Å². The van der Waals surface area contributed by atoms with Crippen LogP contribution in [0.25, 0.3) is 0 Å². The molecule has 0 aromatic heterocycles. The summed E-state index contributed by atoms with van der Waals surface area (Å²) in [4.78, 5) is 1.91. The number of hydrogen-bond donors (Lipinski definition) is 1. The van der Waals surface area contributed by atoms with Crippen molar-refractivity contribution in [2.75, 3.05) is 24.5 Å². The molecular formula is C11H13BrF2N2. The van der Waals surface area contributed by atoms with Gasteiger partial charge in [0.15, 0.2) is 0 Å². The highest BCUT2D eigenvalue weighted by atomic mass is 79.9. The van der Waals surface area contributed by atoms with Crippen LogP contribution in [-0.4, -0.2) is 19.6 Å². The van der Waals surface area contributed by atoms with E-state index in [4.69, 9.17) is 5.73 Å². The fourth-order valence-corrected chi connectivity index (χ4v) is 2.33. The molecule has 1 saturated heterocycles. The zero-order valence-corrected chi connectivity index (χ0v) is 10.3. The first kappa shape index (κ1) is 11.8. The van der Waals surface area contributed by atoms with Gasteiger partial charge in [-0.25, -0.2) is 8.78 Å². The van der Waals surface area contributed by atoms with E-state index in [1.807, 2.05) is 4.90 Å². The van der Waals surface area contributed by atoms with Crippen molar-refractivity contribution in [3.05, 3.63) is 28.2 Å². The van der Waals surface area contributed by atoms with Gasteiger partial charge >= 0.3 is 0 Å². The molecule has 1 fully saturated rings. The van der Waals surface area contributed by atoms with Crippen LogP contribution < -0.4 is 10.6 Å². The lowest BCUT2D eigenvalue weighted by Gasteiger charge is -2.19. The fourth-order valence-electron chi connectivity index (χ4n) is 2.00. The minimum absolute atomic E-state index is 0.292. The lowest BCUT2D eigenvalue weighted by atomic mass is 10.1. The Hall–Kier alpha value is -0.680. The summed E-state index contributed by atoms with van der Waals surface area (Å²) in [7, 11) is 0. The summed E-state index contributed by atoms with van der Waals surface area (Å²) >= 11 is 3.07. The number of nitrogens with zero attached hydrogens (tertiary/aromatic N) is 1. The van der Waals surface area contributed by atoms with Crippen molar-refractivity contribution in [1.29, 1.82) is 0 Å². The Morgan fingerprint density at radius 1 is 1.38 bits per heavy atom. The molecule has 5 heteroatoms. The van der Waals surface area contributed by atoms with Crippen molar-refractivity contribution in [3.63, 3.8) is 0 Å². The summed E-state index contributed by atoms with van der Waals surface area (Å²) in [6.07, 6.45) is 0.963. The van der Waals surface area contributed by atoms with Gasteiger partial charge in [0.2, 0.25) is 0 Å². The van der Waals surface area contributed by atoms with Crippen LogP contribution in [0.5, 0.6) is 0 Å². The normalized spacial score (nSPS) is 20.5. The van der Waals surface area contributed by atoms with Crippen LogP contribution in [0.2, 0.25) is 0 Å². The number of rotatable bonds is 2. The Kier molecular flexibility index (Phi) is 3.44. The summed E-state index contributed by atoms with van der Waals surface area (Å²) in [5.74, 6) is -0.683. The van der Waals surface area contributed by atoms with Crippen LogP contribution in [0.3, 0.4) is 0 Å². The van der Waals surface area contributed by atoms with E-state index in [1.165, 1.54) is 6.07 Å². The molecule has 1 aliphatic rings. The van der Waals surface area contributed by atoms with E-state index in [-0.39, 0.29) is 0 Å². The lowest BCUT2D eigenvalue weighted by molar-refractivity contribution is 0.574. The predicted molar refractivity (Wildman–Crippen MR) is 63.4 cm³/mol. The summed E-state index contributed by atoms with van der Waals surface area (Å²) in [6.45, 7) is 2.13. The average Bonchev–Trinajstić information content (AvgIpc) is 2.71. The van der Waals surface area contributed by atoms with Crippen LogP contribution in [0, 0.1) is 17.6 Å². The van der Waals surface area contributed by atoms with Gasteiger partial charge in [0.05, 0.1) is 10.2 Å². The van der Waals surface area contributed by atoms with Crippen LogP contribution >= 0.6 is 15.9 Å². The van der Waals surface area contributed by atoms with Crippen molar-refractivity contribution in [3.8, 4) is 0 Å². The third kappa shape index (κ3) is 2.20. The van der Waals surface area contributed by atoms with Gasteiger partial charge in [0.25, 0.3) is 0 Å². The molecule has 1 atom stereocenters. The molecule has 0 radical (unpaired) electrons. The van der Waals surface area contributed by atoms with Gasteiger partial charge in [0.1, 0.15) is 11.6 Å². The second kappa shape index (κ2) is 4.67. The maximum absolute atomic E-state index is 13.6. The van der Waals surface area contributed by atoms with E-state index >= 15 is 0 Å². The Morgan fingerprint density at radius 2 is 2.12 bits per heavy atom. The molecule has 2 N–H and O–H groups in total. The van der Waals surface area contributed by atoms with Gasteiger partial charge in [-0.15, -0.1) is 0 Å². The monoisotopic (exact) mass is 290 g/mol. The molecule has 1 unspecified atom stereocenters. The maximum atomic E-state index is 13.6. The van der Waals surface area contributed by atoms with Gasteiger partial charge in [0, 0.05) is 19.2 Å². The number of nitrogens with two attached hydrogens (primary N) is 1. The second-order valence-corrected chi connectivity index (χ2v) is 4.91. The third-order valence-electron chi connectivity index (χ3n) is 2.95. The second-order valence-electron chi connectivity index (χ2n) is 4.05. The molecule has 0 saturated carbocycles. The zero-order valence-electron chi connectivity index (χ0n) is 8.72. The molecular weight excluding hydrogens is 278 g/mol. The summed E-state index contributed by atoms with van der Waals surface area (Å²) in [5.41, 5.74) is 6.02. The number of anilines is 1. The standard InChI is InChI=1S/C11H13BrF2N2/c12-8-3-11(10(14)4-9(8)13)16-2-1-7(5-15)6-16/h3-4,7H,1-2,5-6,15H2. The van der Waals surface area contributed by atoms with Crippen molar-refractivity contribution in [1.82, 2.24) is 0 Å². The fraction of sp³-hybridized carbons (Fsp3) is 0.455. The Balaban J connectivity index is 2.24. The van der Waals surface area contributed by atoms with E-state index in [2.05, 4.69) is 15.9 Å². The topological polar surface area (TPSA) is 29.3 Å². The molecule has 0 aliphatic carbocycles. The first-order valence-electron chi connectivity index (χ1n) is 5.21. The van der Waals surface area contributed by atoms with Gasteiger partial charge in [-0.1, -0.05) is 0 Å². The summed E-state index contributed by atoms with van der Waals surface area (Å²) < 4.78 is 26.9. The molecule has 1 aromatic carbocycles. The lowest BCUT2D eigenvalue weighted by Crippen LogP contribution is -2.23. The van der Waals surface area contributed by atoms with Crippen LogP contribution in [-0.2, 0) is 0 Å². The van der Waals surface area contributed by atoms with Crippen LogP contribution in [0.1, 0.15) is 6.42 Å². The van der Waals surface area contributed by atoms with Gasteiger partial charge < -0.3 is 10.6 Å². The van der Waals surface area contributed by atoms with Crippen LogP contribution in [0.4, 0.5) is 14.5 Å². The van der Waals surface area contributed by atoms with E-state index in [0.717, 1.165) is 25.6 Å². The van der Waals surface area contributed by atoms with Crippen LogP contribution in [0.15, 0.2) is 16.6 Å². The smallest absolute Gasteiger partial charge is 0.149 e. The third-order valence-corrected chi connectivity index (χ3v) is 3.56. The zero-order chi connectivity index (χ0) is 11.7. The highest BCUT2D eigenvalue weighted by molar-refractivity contribution is 9.10. The van der Waals surface area contributed by atoms with Gasteiger partial charge in [-0.3, -0.25) is 0 Å². The van der Waals surface area contributed by atoms with E-state index in [1.54, 1.807) is 0 Å². The minimum Gasteiger partial charge on any atom is -0.369 e. The number of hydrogen-bond acceptors (Lipinski definition) is 2. The maximum Gasteiger partial charge on any atom is 0.149 e. The van der Waals surface area contributed by atoms with Crippen molar-refractivity contribution >= 4 is 21.6 Å². The number of halogens is 3. The first-order chi connectivity index (χ1) is 7.61. The van der Waals surface area contributed by atoms with Crippen molar-refractivity contribution in [2.24, 2.45) is 11.7 Å². The molecule has 0 bridgehead atoms.